The number of allylic oxidation sites excluding steroid dienone is 2. The van der Waals surface area contributed by atoms with Crippen LogP contribution in [-0.2, 0) is 81.8 Å². The van der Waals surface area contributed by atoms with Gasteiger partial charge in [0.25, 0.3) is 11.8 Å². The Labute approximate surface area is 621 Å². The Bertz CT molecular complexity index is 4030. The van der Waals surface area contributed by atoms with E-state index in [2.05, 4.69) is 43.5 Å². The smallest absolute Gasteiger partial charge is 0.309 e. The molecule has 14 rings (SSSR count). The number of amides is 2. The maximum atomic E-state index is 13.7. The Morgan fingerprint density at radius 3 is 1.33 bits per heavy atom. The van der Waals surface area contributed by atoms with E-state index < -0.39 is 65.4 Å². The number of Topliss-reactive ketones (excluding diaryl/α,β-unsaturated/α-hetero) is 2. The van der Waals surface area contributed by atoms with Gasteiger partial charge in [-0.25, -0.2) is 26.3 Å². The van der Waals surface area contributed by atoms with Gasteiger partial charge >= 0.3 is 11.9 Å². The molecule has 2 amide bonds. The maximum Gasteiger partial charge on any atom is 0.309 e. The van der Waals surface area contributed by atoms with Gasteiger partial charge in [0.15, 0.2) is 0 Å². The van der Waals surface area contributed by atoms with Gasteiger partial charge in [-0.1, -0.05) is 73.5 Å². The maximum absolute atomic E-state index is 13.7. The number of ketones is 2. The topological polar surface area (TPSA) is 257 Å². The van der Waals surface area contributed by atoms with Crippen molar-refractivity contribution in [1.29, 1.82) is 0 Å². The zero-order valence-electron chi connectivity index (χ0n) is 60.4. The minimum absolute atomic E-state index is 0.0231. The zero-order valence-corrected chi connectivity index (χ0v) is 63.5. The number of nitrogens with zero attached hydrogens (tertiary/aromatic N) is 2. The van der Waals surface area contributed by atoms with Crippen LogP contribution in [0.2, 0.25) is 10.0 Å². The molecule has 104 heavy (non-hydrogen) atoms. The number of hydrogen-bond donors (Lipinski definition) is 2. The number of aryl methyl sites for hydroxylation is 2. The van der Waals surface area contributed by atoms with Crippen molar-refractivity contribution in [1.82, 2.24) is 9.44 Å². The molecule has 24 heteroatoms. The summed E-state index contributed by atoms with van der Waals surface area (Å²) in [5.41, 5.74) is 4.20. The number of carbonyl (C=O) groups is 6. The molecule has 4 bridgehead atoms. The quantitative estimate of drug-likeness (QED) is 0.110. The number of carbonyl (C=O) groups excluding carboxylic acids is 6. The summed E-state index contributed by atoms with van der Waals surface area (Å²) in [6.07, 6.45) is 19.2. The lowest BCUT2D eigenvalue weighted by atomic mass is 9.62. The van der Waals surface area contributed by atoms with E-state index in [1.165, 1.54) is 22.3 Å². The molecule has 0 aromatic heterocycles. The van der Waals surface area contributed by atoms with Crippen LogP contribution >= 0.6 is 23.2 Å². The summed E-state index contributed by atoms with van der Waals surface area (Å²) in [7, 11) is -4.79. The number of ether oxygens (including phenoxy) is 6. The Hall–Kier alpha value is -6.82. The van der Waals surface area contributed by atoms with E-state index >= 15 is 0 Å². The molecule has 20 nitrogen and oxygen atoms in total. The Balaban J connectivity index is 0.000000185. The number of sulfonamides is 2. The lowest BCUT2D eigenvalue weighted by Gasteiger charge is -2.50. The average molecular weight is 1510 g/mol. The van der Waals surface area contributed by atoms with E-state index in [0.29, 0.717) is 99.8 Å². The van der Waals surface area contributed by atoms with Crippen molar-refractivity contribution >= 4 is 89.9 Å². The molecular weight excluding hydrogens is 1410 g/mol. The third kappa shape index (κ3) is 15.3. The van der Waals surface area contributed by atoms with Gasteiger partial charge in [0, 0.05) is 98.1 Å². The van der Waals surface area contributed by atoms with Gasteiger partial charge in [0.1, 0.15) is 23.1 Å². The number of anilines is 2. The number of methoxy groups -OCH3 is 2. The van der Waals surface area contributed by atoms with Crippen molar-refractivity contribution in [2.24, 2.45) is 47.3 Å². The summed E-state index contributed by atoms with van der Waals surface area (Å²) in [6, 6.07) is 22.5. The van der Waals surface area contributed by atoms with E-state index in [9.17, 15) is 45.6 Å². The van der Waals surface area contributed by atoms with Crippen molar-refractivity contribution in [3.05, 3.63) is 141 Å². The summed E-state index contributed by atoms with van der Waals surface area (Å²) >= 11 is 12.9. The summed E-state index contributed by atoms with van der Waals surface area (Å²) in [5, 5.41) is -0.349. The Kier molecular flexibility index (Phi) is 22.1. The molecule has 4 aliphatic carbocycles. The van der Waals surface area contributed by atoms with Crippen LogP contribution in [0.5, 0.6) is 11.5 Å². The number of benzene rings is 4. The lowest BCUT2D eigenvalue weighted by Crippen LogP contribution is -2.53. The highest BCUT2D eigenvalue weighted by Crippen LogP contribution is 2.53. The van der Waals surface area contributed by atoms with Crippen LogP contribution in [0.1, 0.15) is 173 Å². The first-order chi connectivity index (χ1) is 49.7. The second-order valence-corrected chi connectivity index (χ2v) is 36.5. The molecule has 2 N–H and O–H groups in total. The summed E-state index contributed by atoms with van der Waals surface area (Å²) in [6.45, 7) is 10.9. The Morgan fingerprint density at radius 2 is 0.962 bits per heavy atom. The molecule has 560 valence electrons. The third-order valence-electron chi connectivity index (χ3n) is 25.2. The van der Waals surface area contributed by atoms with Gasteiger partial charge in [-0.2, -0.15) is 0 Å². The standard InChI is InChI=1S/2C40H49ClN2O8S/c2*1-25-6-4-16-40(49-3,21-32(44)19-29-14-17-50-38(29)46)34-11-8-30(34)22-43-23-39(15-5-7-27-18-31(41)10-12-33(27)39)24-51-36-13-9-28(20-35(36)43)37(45)42-52(47,48)26(25)2/h2*4,9-10,12-13,16,18,20,25-26,29-30,34H,5-8,11,14-15,17,19,21-24H2,1-3H3,(H,42,45)/b2*16-4+/t25-,26+,29+,30-,34+,39-,40+;25-,26+,29-,30-,34+,39-,40+/m00/s1. The lowest BCUT2D eigenvalue weighted by molar-refractivity contribution is -0.144. The number of hydrogen-bond acceptors (Lipinski definition) is 18. The van der Waals surface area contributed by atoms with Crippen LogP contribution in [0.15, 0.2) is 97.1 Å². The summed E-state index contributed by atoms with van der Waals surface area (Å²) in [5.74, 6) is -2.21. The monoisotopic (exact) mass is 1500 g/mol. The number of halogens is 2. The predicted molar refractivity (Wildman–Crippen MR) is 396 cm³/mol. The number of rotatable bonds is 10. The van der Waals surface area contributed by atoms with E-state index in [1.54, 1.807) is 64.5 Å². The highest BCUT2D eigenvalue weighted by molar-refractivity contribution is 7.91. The van der Waals surface area contributed by atoms with E-state index in [1.807, 2.05) is 50.3 Å². The second-order valence-electron chi connectivity index (χ2n) is 31.5. The Morgan fingerprint density at radius 1 is 0.548 bits per heavy atom. The van der Waals surface area contributed by atoms with Crippen molar-refractivity contribution < 1.29 is 74.0 Å². The minimum atomic E-state index is -4.04. The van der Waals surface area contributed by atoms with Gasteiger partial charge in [-0.15, -0.1) is 0 Å². The molecule has 10 aliphatic rings. The molecule has 4 aromatic carbocycles. The molecule has 2 spiro atoms. The molecule has 6 aliphatic heterocycles. The highest BCUT2D eigenvalue weighted by Gasteiger charge is 2.53. The third-order valence-corrected chi connectivity index (χ3v) is 29.5. The fraction of sp³-hybridized carbons (Fsp3) is 0.575. The molecule has 2 saturated heterocycles. The van der Waals surface area contributed by atoms with Gasteiger partial charge < -0.3 is 38.2 Å². The van der Waals surface area contributed by atoms with Gasteiger partial charge in [0.2, 0.25) is 20.0 Å². The van der Waals surface area contributed by atoms with Crippen LogP contribution in [0.25, 0.3) is 0 Å². The first-order valence-electron chi connectivity index (χ1n) is 37.2. The minimum Gasteiger partial charge on any atom is -0.490 e. The van der Waals surface area contributed by atoms with Crippen LogP contribution in [0.3, 0.4) is 0 Å². The van der Waals surface area contributed by atoms with Crippen molar-refractivity contribution in [3.63, 3.8) is 0 Å². The summed E-state index contributed by atoms with van der Waals surface area (Å²) in [4.78, 5) is 83.9. The van der Waals surface area contributed by atoms with Crippen LogP contribution in [-0.4, -0.2) is 141 Å². The fourth-order valence-electron chi connectivity index (χ4n) is 18.4. The van der Waals surface area contributed by atoms with Gasteiger partial charge in [0.05, 0.1) is 71.3 Å². The second kappa shape index (κ2) is 30.4. The SMILES string of the molecule is CO[C@@]1(CC(=O)C[C@@H]2CCOC2=O)/C=C/C[C@H](C)[C@@H](C)S(=O)(=O)NC(=O)c2ccc3c(c2)N(C[C@@H]2CC[C@H]21)C[C@@]1(CCCc2cc(Cl)ccc21)CO3.CO[C@@]1(CC(=O)C[C@H]2CCOC2=O)/C=C/C[C@H](C)[C@@H](C)S(=O)(=O)NC(=O)c2ccc3c(c2)N(C[C@@H]2CC[C@H]21)C[C@@]1(CCCc2cc(Cl)ccc21)CO3. The fourth-order valence-corrected chi connectivity index (χ4v) is 21.4. The van der Waals surface area contributed by atoms with Crippen molar-refractivity contribution in [2.75, 3.05) is 76.6 Å². The van der Waals surface area contributed by atoms with Crippen LogP contribution in [0.4, 0.5) is 11.4 Å². The van der Waals surface area contributed by atoms with Gasteiger partial charge in [-0.3, -0.25) is 28.8 Å². The molecular formula is C80H98Cl2N4O16S2. The van der Waals surface area contributed by atoms with Crippen molar-refractivity contribution in [2.45, 2.75) is 176 Å². The highest BCUT2D eigenvalue weighted by atomic mass is 35.5. The number of nitrogens with one attached hydrogen (secondary N) is 2. The van der Waals surface area contributed by atoms with Crippen LogP contribution in [0, 0.1) is 47.3 Å². The summed E-state index contributed by atoms with van der Waals surface area (Å²) < 4.78 is 95.1. The first-order valence-corrected chi connectivity index (χ1v) is 41.1. The molecule has 4 aromatic rings. The zero-order chi connectivity index (χ0) is 73.7. The molecule has 4 fully saturated rings. The molecule has 6 heterocycles. The molecule has 2 saturated carbocycles. The molecule has 14 atom stereocenters. The van der Waals surface area contributed by atoms with E-state index in [4.69, 9.17) is 51.6 Å². The van der Waals surface area contributed by atoms with Crippen molar-refractivity contribution in [3.8, 4) is 11.5 Å². The number of esters is 2. The largest absolute Gasteiger partial charge is 0.490 e. The molecule has 0 unspecified atom stereocenters. The average Bonchev–Trinajstić information content (AvgIpc) is 1.24. The van der Waals surface area contributed by atoms with Crippen LogP contribution < -0.4 is 28.7 Å². The number of cyclic esters (lactones) is 2. The number of fused-ring (bicyclic) bond motifs is 8. The normalized spacial score (nSPS) is 33.4. The van der Waals surface area contributed by atoms with Gasteiger partial charge in [-0.05, 0) is 222 Å². The first kappa shape index (κ1) is 75.4. The van der Waals surface area contributed by atoms with E-state index in [0.717, 1.165) is 75.6 Å². The van der Waals surface area contributed by atoms with E-state index in [-0.39, 0.29) is 107 Å². The predicted octanol–water partition coefficient (Wildman–Crippen LogP) is 12.4. The molecule has 0 radical (unpaired) electrons.